The van der Waals surface area contributed by atoms with E-state index in [0.29, 0.717) is 25.7 Å². The van der Waals surface area contributed by atoms with Gasteiger partial charge >= 0.3 is 0 Å². The Labute approximate surface area is 105 Å². The predicted octanol–water partition coefficient (Wildman–Crippen LogP) is 0.827. The lowest BCUT2D eigenvalue weighted by molar-refractivity contribution is 0.0718. The third-order valence-electron chi connectivity index (χ3n) is 3.17. The second-order valence-corrected chi connectivity index (χ2v) is 4.33. The quantitative estimate of drug-likeness (QED) is 0.849. The van der Waals surface area contributed by atoms with Crippen molar-refractivity contribution in [2.45, 2.75) is 6.04 Å². The topological polar surface area (TPSA) is 58.5 Å². The summed E-state index contributed by atoms with van der Waals surface area (Å²) in [6.07, 6.45) is 1.82. The van der Waals surface area contributed by atoms with E-state index in [1.807, 2.05) is 35.4 Å². The van der Waals surface area contributed by atoms with E-state index >= 15 is 0 Å². The van der Waals surface area contributed by atoms with Crippen LogP contribution in [-0.4, -0.2) is 47.5 Å². The molecule has 94 valence electrons. The highest BCUT2D eigenvalue weighted by Gasteiger charge is 2.24. The lowest BCUT2D eigenvalue weighted by Crippen LogP contribution is -2.48. The van der Waals surface area contributed by atoms with Crippen molar-refractivity contribution in [3.63, 3.8) is 0 Å². The Balaban J connectivity index is 1.97. The summed E-state index contributed by atoms with van der Waals surface area (Å²) in [7, 11) is 0. The number of hydrogen-bond donors (Lipinski definition) is 1. The normalized spacial score (nSPS) is 20.3. The first kappa shape index (κ1) is 11.4. The Bertz CT molecular complexity index is 547. The van der Waals surface area contributed by atoms with Gasteiger partial charge in [-0.2, -0.15) is 0 Å². The van der Waals surface area contributed by atoms with Crippen LogP contribution >= 0.6 is 0 Å². The number of fused-ring (bicyclic) bond motifs is 1. The summed E-state index contributed by atoms with van der Waals surface area (Å²) in [5.41, 5.74) is 0.922. The zero-order valence-corrected chi connectivity index (χ0v) is 9.99. The number of hydrogen-bond acceptors (Lipinski definition) is 5. The number of aromatic nitrogens is 2. The van der Waals surface area contributed by atoms with Crippen LogP contribution in [0.5, 0.6) is 0 Å². The fourth-order valence-corrected chi connectivity index (χ4v) is 2.17. The molecule has 1 aliphatic heterocycles. The highest BCUT2D eigenvalue weighted by atomic mass is 16.5. The Morgan fingerprint density at radius 2 is 2.28 bits per heavy atom. The van der Waals surface area contributed by atoms with Crippen molar-refractivity contribution in [3.8, 4) is 0 Å². The van der Waals surface area contributed by atoms with E-state index in [1.54, 1.807) is 0 Å². The predicted molar refractivity (Wildman–Crippen MR) is 68.6 cm³/mol. The molecule has 1 unspecified atom stereocenters. The standard InChI is InChI=1S/C13H15N3O2/c17-8-11-9-18-6-5-16(11)13-14-7-10-3-1-2-4-12(10)15-13/h1-4,7,11,17H,5-6,8-9H2. The van der Waals surface area contributed by atoms with Crippen molar-refractivity contribution in [3.05, 3.63) is 30.5 Å². The van der Waals surface area contributed by atoms with Gasteiger partial charge in [-0.1, -0.05) is 18.2 Å². The highest BCUT2D eigenvalue weighted by molar-refractivity contribution is 5.78. The third-order valence-corrected chi connectivity index (χ3v) is 3.17. The second kappa shape index (κ2) is 4.88. The number of ether oxygens (including phenoxy) is 1. The number of benzene rings is 1. The molecule has 18 heavy (non-hydrogen) atoms. The van der Waals surface area contributed by atoms with Crippen molar-refractivity contribution >= 4 is 16.9 Å². The maximum Gasteiger partial charge on any atom is 0.226 e. The van der Waals surface area contributed by atoms with Crippen molar-refractivity contribution in [2.24, 2.45) is 0 Å². The van der Waals surface area contributed by atoms with Crippen molar-refractivity contribution in [1.29, 1.82) is 0 Å². The van der Waals surface area contributed by atoms with E-state index in [-0.39, 0.29) is 12.6 Å². The second-order valence-electron chi connectivity index (χ2n) is 4.33. The molecular formula is C13H15N3O2. The molecule has 0 saturated carbocycles. The number of nitrogens with zero attached hydrogens (tertiary/aromatic N) is 3. The molecule has 0 radical (unpaired) electrons. The fourth-order valence-electron chi connectivity index (χ4n) is 2.17. The van der Waals surface area contributed by atoms with Gasteiger partial charge in [-0.3, -0.25) is 0 Å². The van der Waals surface area contributed by atoms with Crippen LogP contribution in [0.4, 0.5) is 5.95 Å². The van der Waals surface area contributed by atoms with E-state index in [0.717, 1.165) is 10.9 Å². The van der Waals surface area contributed by atoms with Crippen molar-refractivity contribution in [2.75, 3.05) is 31.3 Å². The summed E-state index contributed by atoms with van der Waals surface area (Å²) in [5, 5.41) is 10.4. The first-order valence-electron chi connectivity index (χ1n) is 6.05. The molecule has 1 aromatic carbocycles. The maximum absolute atomic E-state index is 9.36. The fraction of sp³-hybridized carbons (Fsp3) is 0.385. The van der Waals surface area contributed by atoms with Gasteiger partial charge in [-0.05, 0) is 6.07 Å². The van der Waals surface area contributed by atoms with Crippen molar-refractivity contribution in [1.82, 2.24) is 9.97 Å². The summed E-state index contributed by atoms with van der Waals surface area (Å²) in [6.45, 7) is 1.93. The minimum absolute atomic E-state index is 0.0518. The Morgan fingerprint density at radius 3 is 3.17 bits per heavy atom. The van der Waals surface area contributed by atoms with Crippen LogP contribution in [0.1, 0.15) is 0 Å². The van der Waals surface area contributed by atoms with Crippen LogP contribution in [-0.2, 0) is 4.74 Å². The number of aliphatic hydroxyl groups is 1. The molecule has 5 nitrogen and oxygen atoms in total. The number of anilines is 1. The monoisotopic (exact) mass is 245 g/mol. The molecule has 1 saturated heterocycles. The molecule has 0 spiro atoms. The first-order valence-corrected chi connectivity index (χ1v) is 6.05. The van der Waals surface area contributed by atoms with E-state index in [9.17, 15) is 5.11 Å². The van der Waals surface area contributed by atoms with Crippen LogP contribution in [0.25, 0.3) is 10.9 Å². The van der Waals surface area contributed by atoms with Crippen LogP contribution in [0, 0.1) is 0 Å². The summed E-state index contributed by atoms with van der Waals surface area (Å²) in [4.78, 5) is 10.9. The SMILES string of the molecule is OCC1COCCN1c1ncc2ccccc2n1. The van der Waals surface area contributed by atoms with Gasteiger partial charge in [0.2, 0.25) is 5.95 Å². The lowest BCUT2D eigenvalue weighted by atomic mass is 10.2. The Morgan fingerprint density at radius 1 is 1.39 bits per heavy atom. The van der Waals surface area contributed by atoms with Gasteiger partial charge in [0, 0.05) is 18.1 Å². The van der Waals surface area contributed by atoms with Crippen LogP contribution < -0.4 is 4.90 Å². The van der Waals surface area contributed by atoms with Gasteiger partial charge in [0.05, 0.1) is 31.4 Å². The summed E-state index contributed by atoms with van der Waals surface area (Å²) in [5.74, 6) is 0.663. The number of para-hydroxylation sites is 1. The zero-order chi connectivity index (χ0) is 12.4. The molecule has 0 bridgehead atoms. The molecule has 0 aliphatic carbocycles. The number of rotatable bonds is 2. The third kappa shape index (κ3) is 2.02. The molecule has 2 aromatic rings. The minimum atomic E-state index is -0.0556. The van der Waals surface area contributed by atoms with Gasteiger partial charge in [0.15, 0.2) is 0 Å². The number of aliphatic hydroxyl groups excluding tert-OH is 1. The molecule has 1 N–H and O–H groups in total. The summed E-state index contributed by atoms with van der Waals surface area (Å²) < 4.78 is 5.35. The molecule has 2 heterocycles. The molecule has 1 atom stereocenters. The van der Waals surface area contributed by atoms with Crippen LogP contribution in [0.3, 0.4) is 0 Å². The largest absolute Gasteiger partial charge is 0.394 e. The van der Waals surface area contributed by atoms with Crippen LogP contribution in [0.2, 0.25) is 0 Å². The Kier molecular flexibility index (Phi) is 3.08. The van der Waals surface area contributed by atoms with E-state index in [1.165, 1.54) is 0 Å². The first-order chi connectivity index (χ1) is 8.88. The van der Waals surface area contributed by atoms with Gasteiger partial charge in [0.25, 0.3) is 0 Å². The lowest BCUT2D eigenvalue weighted by Gasteiger charge is -2.34. The van der Waals surface area contributed by atoms with Crippen molar-refractivity contribution < 1.29 is 9.84 Å². The van der Waals surface area contributed by atoms with Gasteiger partial charge < -0.3 is 14.7 Å². The van der Waals surface area contributed by atoms with Gasteiger partial charge in [-0.25, -0.2) is 9.97 Å². The number of morpholine rings is 1. The molecule has 1 aliphatic rings. The maximum atomic E-state index is 9.36. The van der Waals surface area contributed by atoms with Crippen LogP contribution in [0.15, 0.2) is 30.5 Å². The highest BCUT2D eigenvalue weighted by Crippen LogP contribution is 2.18. The molecule has 0 amide bonds. The van der Waals surface area contributed by atoms with Gasteiger partial charge in [0.1, 0.15) is 0 Å². The zero-order valence-electron chi connectivity index (χ0n) is 9.99. The smallest absolute Gasteiger partial charge is 0.226 e. The Hall–Kier alpha value is -1.72. The minimum Gasteiger partial charge on any atom is -0.394 e. The average molecular weight is 245 g/mol. The van der Waals surface area contributed by atoms with E-state index in [2.05, 4.69) is 9.97 Å². The van der Waals surface area contributed by atoms with Gasteiger partial charge in [-0.15, -0.1) is 0 Å². The summed E-state index contributed by atoms with van der Waals surface area (Å²) in [6, 6.07) is 7.83. The van der Waals surface area contributed by atoms with E-state index < -0.39 is 0 Å². The molecule has 3 rings (SSSR count). The average Bonchev–Trinajstić information content (AvgIpc) is 2.46. The molecule has 1 fully saturated rings. The van der Waals surface area contributed by atoms with E-state index in [4.69, 9.17) is 4.74 Å². The molecule has 5 heteroatoms. The summed E-state index contributed by atoms with van der Waals surface area (Å²) >= 11 is 0. The molecular weight excluding hydrogens is 230 g/mol. The molecule has 1 aromatic heterocycles.